The van der Waals surface area contributed by atoms with Gasteiger partial charge in [0.15, 0.2) is 0 Å². The van der Waals surface area contributed by atoms with Crippen LogP contribution in [0.4, 0.5) is 0 Å². The van der Waals surface area contributed by atoms with Crippen molar-refractivity contribution >= 4 is 11.9 Å². The van der Waals surface area contributed by atoms with E-state index in [1.54, 1.807) is 37.3 Å². The van der Waals surface area contributed by atoms with E-state index in [0.29, 0.717) is 16.7 Å². The monoisotopic (exact) mass is 286 g/mol. The lowest BCUT2D eigenvalue weighted by Gasteiger charge is -2.09. The van der Waals surface area contributed by atoms with Gasteiger partial charge in [0.1, 0.15) is 5.75 Å². The molecule has 0 aliphatic rings. The highest BCUT2D eigenvalue weighted by Gasteiger charge is 2.14. The average molecular weight is 286 g/mol. The van der Waals surface area contributed by atoms with Crippen molar-refractivity contribution in [2.24, 2.45) is 0 Å². The second-order valence-corrected chi connectivity index (χ2v) is 4.48. The van der Waals surface area contributed by atoms with Crippen LogP contribution in [0.3, 0.4) is 0 Å². The van der Waals surface area contributed by atoms with E-state index in [1.165, 1.54) is 12.1 Å². The second-order valence-electron chi connectivity index (χ2n) is 4.48. The fourth-order valence-electron chi connectivity index (χ4n) is 1.86. The molecule has 5 heteroatoms. The Labute approximate surface area is 121 Å². The maximum Gasteiger partial charge on any atom is 0.343 e. The van der Waals surface area contributed by atoms with Crippen molar-refractivity contribution in [1.82, 2.24) is 0 Å². The fourth-order valence-corrected chi connectivity index (χ4v) is 1.86. The molecule has 0 radical (unpaired) electrons. The van der Waals surface area contributed by atoms with Crippen molar-refractivity contribution in [1.29, 1.82) is 0 Å². The molecule has 0 amide bonds. The van der Waals surface area contributed by atoms with Crippen molar-refractivity contribution < 1.29 is 24.5 Å². The Morgan fingerprint density at radius 3 is 2.33 bits per heavy atom. The summed E-state index contributed by atoms with van der Waals surface area (Å²) in [5.41, 5.74) is 1.50. The molecule has 0 atom stereocenters. The van der Waals surface area contributed by atoms with Crippen molar-refractivity contribution in [3.8, 4) is 5.75 Å². The summed E-state index contributed by atoms with van der Waals surface area (Å²) >= 11 is 0. The van der Waals surface area contributed by atoms with Crippen LogP contribution in [-0.2, 0) is 6.61 Å². The van der Waals surface area contributed by atoms with Gasteiger partial charge in [0.05, 0.1) is 17.7 Å². The molecule has 2 aromatic rings. The molecule has 0 saturated heterocycles. The number of aliphatic hydroxyl groups excluding tert-OH is 1. The number of hydrogen-bond acceptors (Lipinski definition) is 4. The van der Waals surface area contributed by atoms with Gasteiger partial charge in [0.25, 0.3) is 0 Å². The van der Waals surface area contributed by atoms with Gasteiger partial charge in [-0.1, -0.05) is 18.2 Å². The summed E-state index contributed by atoms with van der Waals surface area (Å²) in [4.78, 5) is 23.1. The maximum absolute atomic E-state index is 12.0. The Morgan fingerprint density at radius 1 is 1.10 bits per heavy atom. The van der Waals surface area contributed by atoms with E-state index >= 15 is 0 Å². The van der Waals surface area contributed by atoms with Gasteiger partial charge in [0, 0.05) is 5.56 Å². The molecule has 0 aliphatic carbocycles. The number of carbonyl (C=O) groups is 2. The first-order valence-electron chi connectivity index (χ1n) is 6.28. The number of benzene rings is 2. The van der Waals surface area contributed by atoms with Crippen LogP contribution >= 0.6 is 0 Å². The Balaban J connectivity index is 2.23. The lowest BCUT2D eigenvalue weighted by molar-refractivity contribution is 0.0686. The van der Waals surface area contributed by atoms with Crippen molar-refractivity contribution in [3.05, 3.63) is 64.7 Å². The smallest absolute Gasteiger partial charge is 0.343 e. The minimum atomic E-state index is -1.07. The minimum absolute atomic E-state index is 0.0935. The molecule has 0 spiro atoms. The molecule has 0 saturated carbocycles. The van der Waals surface area contributed by atoms with E-state index in [0.717, 1.165) is 0 Å². The third kappa shape index (κ3) is 3.27. The van der Waals surface area contributed by atoms with Gasteiger partial charge in [-0.2, -0.15) is 0 Å². The topological polar surface area (TPSA) is 83.8 Å². The number of hydrogen-bond donors (Lipinski definition) is 2. The summed E-state index contributed by atoms with van der Waals surface area (Å²) in [5.74, 6) is -1.44. The first kappa shape index (κ1) is 14.7. The summed E-state index contributed by atoms with van der Waals surface area (Å²) in [7, 11) is 0. The third-order valence-electron chi connectivity index (χ3n) is 3.09. The van der Waals surface area contributed by atoms with Crippen LogP contribution in [0.2, 0.25) is 0 Å². The van der Waals surface area contributed by atoms with E-state index in [-0.39, 0.29) is 17.9 Å². The Bertz CT molecular complexity index is 674. The lowest BCUT2D eigenvalue weighted by atomic mass is 10.1. The zero-order valence-corrected chi connectivity index (χ0v) is 11.4. The second kappa shape index (κ2) is 6.19. The standard InChI is InChI=1S/C16H14O5/c1-10-13(15(18)19)3-2-4-14(10)21-16(20)12-7-5-11(9-17)6-8-12/h2-8,17H,9H2,1H3,(H,18,19). The van der Waals surface area contributed by atoms with Crippen molar-refractivity contribution in [3.63, 3.8) is 0 Å². The SMILES string of the molecule is Cc1c(OC(=O)c2ccc(CO)cc2)cccc1C(=O)O. The minimum Gasteiger partial charge on any atom is -0.478 e. The normalized spacial score (nSPS) is 10.2. The molecular formula is C16H14O5. The van der Waals surface area contributed by atoms with Crippen LogP contribution in [0.5, 0.6) is 5.75 Å². The quantitative estimate of drug-likeness (QED) is 0.666. The van der Waals surface area contributed by atoms with E-state index in [1.807, 2.05) is 0 Å². The Morgan fingerprint density at radius 2 is 1.76 bits per heavy atom. The van der Waals surface area contributed by atoms with Crippen molar-refractivity contribution in [2.75, 3.05) is 0 Å². The van der Waals surface area contributed by atoms with Gasteiger partial charge in [-0.3, -0.25) is 0 Å². The molecule has 0 unspecified atom stereocenters. The highest BCUT2D eigenvalue weighted by Crippen LogP contribution is 2.22. The number of ether oxygens (including phenoxy) is 1. The van der Waals surface area contributed by atoms with E-state index in [4.69, 9.17) is 14.9 Å². The van der Waals surface area contributed by atoms with E-state index in [2.05, 4.69) is 0 Å². The summed E-state index contributed by atoms with van der Waals surface area (Å²) < 4.78 is 5.23. The third-order valence-corrected chi connectivity index (χ3v) is 3.09. The largest absolute Gasteiger partial charge is 0.478 e. The molecular weight excluding hydrogens is 272 g/mol. The highest BCUT2D eigenvalue weighted by atomic mass is 16.5. The van der Waals surface area contributed by atoms with Gasteiger partial charge >= 0.3 is 11.9 Å². The van der Waals surface area contributed by atoms with Gasteiger partial charge < -0.3 is 14.9 Å². The molecule has 5 nitrogen and oxygen atoms in total. The highest BCUT2D eigenvalue weighted by molar-refractivity contribution is 5.93. The molecule has 2 rings (SSSR count). The first-order chi connectivity index (χ1) is 10.0. The predicted octanol–water partition coefficient (Wildman–Crippen LogP) is 2.40. The molecule has 0 aromatic heterocycles. The molecule has 2 N–H and O–H groups in total. The van der Waals surface area contributed by atoms with Gasteiger partial charge in [-0.25, -0.2) is 9.59 Å². The average Bonchev–Trinajstić information content (AvgIpc) is 2.49. The maximum atomic E-state index is 12.0. The van der Waals surface area contributed by atoms with Crippen molar-refractivity contribution in [2.45, 2.75) is 13.5 Å². The fraction of sp³-hybridized carbons (Fsp3) is 0.125. The van der Waals surface area contributed by atoms with E-state index in [9.17, 15) is 9.59 Å². The molecule has 2 aromatic carbocycles. The lowest BCUT2D eigenvalue weighted by Crippen LogP contribution is -2.11. The molecule has 0 fully saturated rings. The van der Waals surface area contributed by atoms with Crippen LogP contribution in [-0.4, -0.2) is 22.2 Å². The number of aromatic carboxylic acids is 1. The zero-order valence-electron chi connectivity index (χ0n) is 11.4. The summed E-state index contributed by atoms with van der Waals surface area (Å²) in [6, 6.07) is 10.9. The molecule has 0 aliphatic heterocycles. The molecule has 0 heterocycles. The van der Waals surface area contributed by atoms with Crippen LogP contribution in [0, 0.1) is 6.92 Å². The molecule has 108 valence electrons. The zero-order chi connectivity index (χ0) is 15.4. The predicted molar refractivity (Wildman–Crippen MR) is 75.5 cm³/mol. The molecule has 0 bridgehead atoms. The number of carbonyl (C=O) groups excluding carboxylic acids is 1. The Hall–Kier alpha value is -2.66. The van der Waals surface area contributed by atoms with Gasteiger partial charge in [0.2, 0.25) is 0 Å². The van der Waals surface area contributed by atoms with Gasteiger partial charge in [-0.15, -0.1) is 0 Å². The number of esters is 1. The van der Waals surface area contributed by atoms with E-state index < -0.39 is 11.9 Å². The summed E-state index contributed by atoms with van der Waals surface area (Å²) in [6.07, 6.45) is 0. The van der Waals surface area contributed by atoms with Crippen LogP contribution in [0.25, 0.3) is 0 Å². The summed E-state index contributed by atoms with van der Waals surface area (Å²) in [5, 5.41) is 18.0. The van der Waals surface area contributed by atoms with Crippen LogP contribution in [0.15, 0.2) is 42.5 Å². The van der Waals surface area contributed by atoms with Crippen LogP contribution < -0.4 is 4.74 Å². The Kier molecular flexibility index (Phi) is 4.35. The number of carboxylic acid groups (broad SMARTS) is 1. The first-order valence-corrected chi connectivity index (χ1v) is 6.28. The summed E-state index contributed by atoms with van der Waals surface area (Å²) in [6.45, 7) is 1.48. The van der Waals surface area contributed by atoms with Gasteiger partial charge in [-0.05, 0) is 36.8 Å². The molecule has 21 heavy (non-hydrogen) atoms. The number of carboxylic acids is 1. The number of rotatable bonds is 4. The van der Waals surface area contributed by atoms with Crippen LogP contribution in [0.1, 0.15) is 31.8 Å². The number of aliphatic hydroxyl groups is 1.